The molecule has 2 aromatic heterocycles. The lowest BCUT2D eigenvalue weighted by molar-refractivity contribution is -0.112. The van der Waals surface area contributed by atoms with E-state index in [1.165, 1.54) is 25.1 Å². The zero-order valence-electron chi connectivity index (χ0n) is 15.0. The summed E-state index contributed by atoms with van der Waals surface area (Å²) in [5, 5.41) is 7.17. The van der Waals surface area contributed by atoms with Gasteiger partial charge in [-0.15, -0.1) is 0 Å². The van der Waals surface area contributed by atoms with Crippen molar-refractivity contribution in [1.29, 1.82) is 0 Å². The molecule has 0 aliphatic heterocycles. The summed E-state index contributed by atoms with van der Waals surface area (Å²) in [5.74, 6) is -0.222. The van der Waals surface area contributed by atoms with E-state index < -0.39 is 0 Å². The zero-order valence-corrected chi connectivity index (χ0v) is 15.0. The van der Waals surface area contributed by atoms with Gasteiger partial charge < -0.3 is 20.4 Å². The number of allylic oxidation sites excluding steroid dienone is 1. The van der Waals surface area contributed by atoms with Gasteiger partial charge in [-0.3, -0.25) is 4.79 Å². The Kier molecular flexibility index (Phi) is 4.33. The first-order chi connectivity index (χ1) is 13.2. The van der Waals surface area contributed by atoms with Crippen molar-refractivity contribution in [2.24, 2.45) is 0 Å². The number of amides is 1. The summed E-state index contributed by atoms with van der Waals surface area (Å²) < 4.78 is 4.93. The fourth-order valence-electron chi connectivity index (χ4n) is 3.18. The second-order valence-corrected chi connectivity index (χ2v) is 6.11. The molecule has 2 heterocycles. The molecule has 1 aliphatic carbocycles. The number of nitrogens with one attached hydrogen (secondary N) is 3. The van der Waals surface area contributed by atoms with Gasteiger partial charge in [0, 0.05) is 23.7 Å². The molecule has 1 amide bonds. The number of carbonyl (C=O) groups is 1. The number of ether oxygens (including phenoxy) is 1. The largest absolute Gasteiger partial charge is 0.467 e. The molecule has 3 aromatic rings. The summed E-state index contributed by atoms with van der Waals surface area (Å²) in [7, 11) is 3.39. The Balaban J connectivity index is 1.66. The van der Waals surface area contributed by atoms with Crippen LogP contribution in [0.1, 0.15) is 11.3 Å². The highest BCUT2D eigenvalue weighted by atomic mass is 16.5. The van der Waals surface area contributed by atoms with Gasteiger partial charge in [-0.1, -0.05) is 24.3 Å². The maximum Gasteiger partial charge on any atom is 0.316 e. The molecule has 0 atom stereocenters. The van der Waals surface area contributed by atoms with E-state index in [1.54, 1.807) is 0 Å². The van der Waals surface area contributed by atoms with Crippen LogP contribution in [0, 0.1) is 0 Å². The number of rotatable bonds is 4. The predicted octanol–water partition coefficient (Wildman–Crippen LogP) is 3.14. The third kappa shape index (κ3) is 3.15. The van der Waals surface area contributed by atoms with Gasteiger partial charge in [0.05, 0.1) is 36.4 Å². The van der Waals surface area contributed by atoms with E-state index in [4.69, 9.17) is 4.74 Å². The SMILES string of the molecule is CNc1cccc2c3c([nH]c12)C=C(C(=O)Nc1cnc(OC)nc1)C=CC3. The lowest BCUT2D eigenvalue weighted by atomic mass is 10.1. The maximum atomic E-state index is 12.7. The van der Waals surface area contributed by atoms with E-state index in [0.29, 0.717) is 11.3 Å². The number of anilines is 2. The lowest BCUT2D eigenvalue weighted by Crippen LogP contribution is -2.13. The molecule has 4 rings (SSSR count). The fourth-order valence-corrected chi connectivity index (χ4v) is 3.18. The molecule has 1 aromatic carbocycles. The molecule has 0 fully saturated rings. The van der Waals surface area contributed by atoms with Gasteiger partial charge in [0.1, 0.15) is 0 Å². The van der Waals surface area contributed by atoms with Crippen LogP contribution in [0.3, 0.4) is 0 Å². The Morgan fingerprint density at radius 2 is 2.07 bits per heavy atom. The highest BCUT2D eigenvalue weighted by Gasteiger charge is 2.16. The normalized spacial score (nSPS) is 12.9. The molecule has 0 spiro atoms. The van der Waals surface area contributed by atoms with Crippen molar-refractivity contribution in [3.05, 3.63) is 59.6 Å². The number of carbonyl (C=O) groups excluding carboxylic acids is 1. The van der Waals surface area contributed by atoms with Crippen LogP contribution >= 0.6 is 0 Å². The molecule has 3 N–H and O–H groups in total. The minimum atomic E-state index is -0.222. The number of nitrogens with zero attached hydrogens (tertiary/aromatic N) is 2. The smallest absolute Gasteiger partial charge is 0.316 e. The minimum absolute atomic E-state index is 0.222. The third-order valence-electron chi connectivity index (χ3n) is 4.49. The Labute approximate surface area is 156 Å². The van der Waals surface area contributed by atoms with Crippen molar-refractivity contribution in [2.45, 2.75) is 6.42 Å². The zero-order chi connectivity index (χ0) is 18.8. The Bertz CT molecular complexity index is 1060. The molecule has 1 aliphatic rings. The van der Waals surface area contributed by atoms with Gasteiger partial charge in [0.15, 0.2) is 0 Å². The molecule has 27 heavy (non-hydrogen) atoms. The number of fused-ring (bicyclic) bond motifs is 3. The van der Waals surface area contributed by atoms with Gasteiger partial charge in [-0.25, -0.2) is 9.97 Å². The first kappa shape index (κ1) is 16.8. The van der Waals surface area contributed by atoms with Gasteiger partial charge in [0.25, 0.3) is 5.91 Å². The standard InChI is InChI=1S/C20H19N5O2/c1-21-16-8-4-7-15-14-6-3-5-12(9-17(14)25-18(15)16)19(26)24-13-10-22-20(27-2)23-11-13/h3-5,7-11,21,25H,6H2,1-2H3,(H,24,26). The number of benzene rings is 1. The van der Waals surface area contributed by atoms with Crippen LogP contribution in [0.25, 0.3) is 17.0 Å². The molecule has 0 saturated heterocycles. The van der Waals surface area contributed by atoms with Crippen molar-refractivity contribution in [3.63, 3.8) is 0 Å². The van der Waals surface area contributed by atoms with Gasteiger partial charge in [-0.2, -0.15) is 0 Å². The van der Waals surface area contributed by atoms with E-state index in [-0.39, 0.29) is 11.9 Å². The van der Waals surface area contributed by atoms with E-state index in [0.717, 1.165) is 28.7 Å². The number of H-pyrrole nitrogens is 1. The van der Waals surface area contributed by atoms with E-state index in [1.807, 2.05) is 37.4 Å². The number of hydrogen-bond acceptors (Lipinski definition) is 5. The Morgan fingerprint density at radius 3 is 2.81 bits per heavy atom. The predicted molar refractivity (Wildman–Crippen MR) is 106 cm³/mol. The summed E-state index contributed by atoms with van der Waals surface area (Å²) in [6, 6.07) is 6.39. The van der Waals surface area contributed by atoms with Crippen LogP contribution in [0.5, 0.6) is 6.01 Å². The van der Waals surface area contributed by atoms with Crippen LogP contribution in [-0.2, 0) is 11.2 Å². The molecule has 0 radical (unpaired) electrons. The van der Waals surface area contributed by atoms with E-state index in [2.05, 4.69) is 31.7 Å². The second kappa shape index (κ2) is 6.95. The van der Waals surface area contributed by atoms with Crippen molar-refractivity contribution >= 4 is 34.3 Å². The maximum absolute atomic E-state index is 12.7. The summed E-state index contributed by atoms with van der Waals surface area (Å²) in [4.78, 5) is 24.1. The van der Waals surface area contributed by atoms with Crippen LogP contribution < -0.4 is 15.4 Å². The van der Waals surface area contributed by atoms with Crippen LogP contribution in [0.4, 0.5) is 11.4 Å². The molecule has 7 nitrogen and oxygen atoms in total. The van der Waals surface area contributed by atoms with E-state index >= 15 is 0 Å². The molecular formula is C20H19N5O2. The highest BCUT2D eigenvalue weighted by Crippen LogP contribution is 2.31. The quantitative estimate of drug-likeness (QED) is 0.664. The van der Waals surface area contributed by atoms with Crippen LogP contribution in [0.2, 0.25) is 0 Å². The van der Waals surface area contributed by atoms with Crippen LogP contribution in [-0.4, -0.2) is 35.0 Å². The highest BCUT2D eigenvalue weighted by molar-refractivity contribution is 6.09. The van der Waals surface area contributed by atoms with E-state index in [9.17, 15) is 4.79 Å². The number of para-hydroxylation sites is 1. The number of aromatic nitrogens is 3. The average Bonchev–Trinajstić information content (AvgIpc) is 2.91. The van der Waals surface area contributed by atoms with Crippen molar-refractivity contribution < 1.29 is 9.53 Å². The molecule has 0 unspecified atom stereocenters. The molecular weight excluding hydrogens is 342 g/mol. The molecule has 136 valence electrons. The molecule has 7 heteroatoms. The van der Waals surface area contributed by atoms with Crippen molar-refractivity contribution in [2.75, 3.05) is 24.8 Å². The number of aromatic amines is 1. The van der Waals surface area contributed by atoms with Gasteiger partial charge in [-0.05, 0) is 24.1 Å². The minimum Gasteiger partial charge on any atom is -0.467 e. The topological polar surface area (TPSA) is 91.9 Å². The first-order valence-electron chi connectivity index (χ1n) is 8.56. The van der Waals surface area contributed by atoms with Crippen molar-refractivity contribution in [1.82, 2.24) is 15.0 Å². The monoisotopic (exact) mass is 361 g/mol. The summed E-state index contributed by atoms with van der Waals surface area (Å²) in [6.07, 6.45) is 9.48. The second-order valence-electron chi connectivity index (χ2n) is 6.11. The van der Waals surface area contributed by atoms with Gasteiger partial charge >= 0.3 is 6.01 Å². The third-order valence-corrected chi connectivity index (χ3v) is 4.49. The van der Waals surface area contributed by atoms with Crippen molar-refractivity contribution in [3.8, 4) is 6.01 Å². The number of hydrogen-bond donors (Lipinski definition) is 3. The Hall–Kier alpha value is -3.61. The van der Waals surface area contributed by atoms with Crippen LogP contribution in [0.15, 0.2) is 48.3 Å². The molecule has 0 bridgehead atoms. The number of methoxy groups -OCH3 is 1. The molecule has 0 saturated carbocycles. The lowest BCUT2D eigenvalue weighted by Gasteiger charge is -2.05. The summed E-state index contributed by atoms with van der Waals surface area (Å²) >= 11 is 0. The first-order valence-corrected chi connectivity index (χ1v) is 8.56. The fraction of sp³-hybridized carbons (Fsp3) is 0.150. The summed E-state index contributed by atoms with van der Waals surface area (Å²) in [6.45, 7) is 0. The summed E-state index contributed by atoms with van der Waals surface area (Å²) in [5.41, 5.74) is 5.25. The van der Waals surface area contributed by atoms with Gasteiger partial charge in [0.2, 0.25) is 0 Å². The average molecular weight is 361 g/mol. The Morgan fingerprint density at radius 1 is 1.26 bits per heavy atom.